The molecular weight excluding hydrogens is 342 g/mol. The van der Waals surface area contributed by atoms with E-state index in [4.69, 9.17) is 5.21 Å². The van der Waals surface area contributed by atoms with Crippen LogP contribution in [0.25, 0.3) is 33.4 Å². The van der Waals surface area contributed by atoms with Gasteiger partial charge in [0.1, 0.15) is 5.69 Å². The first-order chi connectivity index (χ1) is 13.3. The van der Waals surface area contributed by atoms with E-state index in [0.29, 0.717) is 6.54 Å². The lowest BCUT2D eigenvalue weighted by Gasteiger charge is -2.06. The van der Waals surface area contributed by atoms with Crippen molar-refractivity contribution in [2.24, 2.45) is 0 Å². The second kappa shape index (κ2) is 7.35. The molecule has 7 heteroatoms. The summed E-state index contributed by atoms with van der Waals surface area (Å²) >= 11 is 0. The Morgan fingerprint density at radius 2 is 1.85 bits per heavy atom. The van der Waals surface area contributed by atoms with Crippen molar-refractivity contribution in [2.75, 3.05) is 0 Å². The minimum atomic E-state index is -0.458. The number of pyridine rings is 2. The minimum Gasteiger partial charge on any atom is -0.289 e. The number of aromatic nitrogens is 4. The Morgan fingerprint density at radius 1 is 1.00 bits per heavy atom. The first kappa shape index (κ1) is 16.9. The molecule has 2 N–H and O–H groups in total. The molecule has 1 aromatic carbocycles. The number of amides is 1. The highest BCUT2D eigenvalue weighted by Crippen LogP contribution is 2.34. The van der Waals surface area contributed by atoms with Gasteiger partial charge in [-0.05, 0) is 29.8 Å². The summed E-state index contributed by atoms with van der Waals surface area (Å²) in [5, 5.41) is 14.4. The maximum atomic E-state index is 11.4. The molecular formula is C20H17N5O2. The van der Waals surface area contributed by atoms with Crippen molar-refractivity contribution in [3.05, 3.63) is 67.1 Å². The molecule has 0 aliphatic rings. The number of hydroxylamine groups is 1. The molecule has 134 valence electrons. The zero-order chi connectivity index (χ0) is 18.6. The SMILES string of the molecule is O=C(CCn1cc(-c2ccnc3ccccc23)c(-c2ccccn2)n1)NO. The minimum absolute atomic E-state index is 0.121. The van der Waals surface area contributed by atoms with Crippen molar-refractivity contribution in [1.29, 1.82) is 0 Å². The van der Waals surface area contributed by atoms with Gasteiger partial charge in [-0.2, -0.15) is 5.10 Å². The van der Waals surface area contributed by atoms with E-state index >= 15 is 0 Å². The van der Waals surface area contributed by atoms with Crippen LogP contribution in [0.4, 0.5) is 0 Å². The molecule has 4 aromatic rings. The average Bonchev–Trinajstić information content (AvgIpc) is 3.16. The number of fused-ring (bicyclic) bond motifs is 1. The van der Waals surface area contributed by atoms with Gasteiger partial charge in [-0.25, -0.2) is 5.48 Å². The van der Waals surface area contributed by atoms with E-state index in [1.165, 1.54) is 0 Å². The lowest BCUT2D eigenvalue weighted by molar-refractivity contribution is -0.129. The maximum absolute atomic E-state index is 11.4. The van der Waals surface area contributed by atoms with E-state index in [1.807, 2.05) is 54.7 Å². The van der Waals surface area contributed by atoms with Gasteiger partial charge in [0.25, 0.3) is 0 Å². The third kappa shape index (κ3) is 3.40. The molecule has 3 aromatic heterocycles. The number of aryl methyl sites for hydroxylation is 1. The molecule has 0 spiro atoms. The summed E-state index contributed by atoms with van der Waals surface area (Å²) in [7, 11) is 0. The van der Waals surface area contributed by atoms with Gasteiger partial charge in [-0.3, -0.25) is 24.7 Å². The monoisotopic (exact) mass is 359 g/mol. The number of hydrogen-bond acceptors (Lipinski definition) is 5. The smallest absolute Gasteiger partial charge is 0.245 e. The van der Waals surface area contributed by atoms with Crippen molar-refractivity contribution in [3.63, 3.8) is 0 Å². The zero-order valence-electron chi connectivity index (χ0n) is 14.4. The third-order valence-electron chi connectivity index (χ3n) is 4.30. The predicted molar refractivity (Wildman–Crippen MR) is 101 cm³/mol. The second-order valence-electron chi connectivity index (χ2n) is 6.03. The van der Waals surface area contributed by atoms with Gasteiger partial charge in [-0.15, -0.1) is 0 Å². The highest BCUT2D eigenvalue weighted by Gasteiger charge is 2.16. The largest absolute Gasteiger partial charge is 0.289 e. The molecule has 0 aliphatic heterocycles. The Bertz CT molecular complexity index is 1090. The van der Waals surface area contributed by atoms with Gasteiger partial charge in [0.15, 0.2) is 0 Å². The number of carbonyl (C=O) groups excluding carboxylic acids is 1. The van der Waals surface area contributed by atoms with Crippen LogP contribution in [0.5, 0.6) is 0 Å². The zero-order valence-corrected chi connectivity index (χ0v) is 14.4. The van der Waals surface area contributed by atoms with Crippen LogP contribution in [0.3, 0.4) is 0 Å². The van der Waals surface area contributed by atoms with Gasteiger partial charge in [0.05, 0.1) is 11.2 Å². The number of carbonyl (C=O) groups is 1. The summed E-state index contributed by atoms with van der Waals surface area (Å²) in [6, 6.07) is 15.5. The molecule has 0 saturated heterocycles. The molecule has 0 fully saturated rings. The Balaban J connectivity index is 1.85. The van der Waals surface area contributed by atoms with Gasteiger partial charge >= 0.3 is 0 Å². The normalized spacial score (nSPS) is 10.9. The Hall–Kier alpha value is -3.58. The number of hydrogen-bond donors (Lipinski definition) is 2. The second-order valence-corrected chi connectivity index (χ2v) is 6.03. The molecule has 27 heavy (non-hydrogen) atoms. The van der Waals surface area contributed by atoms with E-state index in [2.05, 4.69) is 15.1 Å². The quantitative estimate of drug-likeness (QED) is 0.422. The molecule has 3 heterocycles. The van der Waals surface area contributed by atoms with Gasteiger partial charge < -0.3 is 0 Å². The van der Waals surface area contributed by atoms with E-state index in [1.54, 1.807) is 22.6 Å². The first-order valence-corrected chi connectivity index (χ1v) is 8.52. The van der Waals surface area contributed by atoms with Crippen LogP contribution in [-0.4, -0.2) is 30.9 Å². The van der Waals surface area contributed by atoms with Crippen molar-refractivity contribution < 1.29 is 10.0 Å². The van der Waals surface area contributed by atoms with Crippen LogP contribution in [-0.2, 0) is 11.3 Å². The molecule has 1 amide bonds. The average molecular weight is 359 g/mol. The fourth-order valence-corrected chi connectivity index (χ4v) is 3.03. The highest BCUT2D eigenvalue weighted by atomic mass is 16.5. The fourth-order valence-electron chi connectivity index (χ4n) is 3.03. The van der Waals surface area contributed by atoms with Crippen LogP contribution in [0.15, 0.2) is 67.1 Å². The molecule has 0 radical (unpaired) electrons. The topological polar surface area (TPSA) is 92.9 Å². The van der Waals surface area contributed by atoms with E-state index in [9.17, 15) is 4.79 Å². The number of rotatable bonds is 5. The van der Waals surface area contributed by atoms with Crippen LogP contribution in [0.1, 0.15) is 6.42 Å². The standard InChI is InChI=1S/C20H17N5O2/c26-19(24-27)9-12-25-13-16(20(23-25)18-7-3-4-10-21-18)14-8-11-22-17-6-2-1-5-15(14)17/h1-8,10-11,13,27H,9,12H2,(H,24,26). The first-order valence-electron chi connectivity index (χ1n) is 8.52. The number of nitrogens with one attached hydrogen (secondary N) is 1. The molecule has 0 unspecified atom stereocenters. The Labute approximate surface area is 155 Å². The lowest BCUT2D eigenvalue weighted by Crippen LogP contribution is -2.20. The highest BCUT2D eigenvalue weighted by molar-refractivity contribution is 5.97. The van der Waals surface area contributed by atoms with Crippen molar-refractivity contribution in [3.8, 4) is 22.5 Å². The molecule has 7 nitrogen and oxygen atoms in total. The fraction of sp³-hybridized carbons (Fsp3) is 0.100. The van der Waals surface area contributed by atoms with Crippen LogP contribution in [0.2, 0.25) is 0 Å². The van der Waals surface area contributed by atoms with Gasteiger partial charge in [0, 0.05) is 42.5 Å². The van der Waals surface area contributed by atoms with Crippen molar-refractivity contribution in [2.45, 2.75) is 13.0 Å². The number of benzene rings is 1. The summed E-state index contributed by atoms with van der Waals surface area (Å²) in [5.41, 5.74) is 5.94. The van der Waals surface area contributed by atoms with E-state index < -0.39 is 5.91 Å². The summed E-state index contributed by atoms with van der Waals surface area (Å²) < 4.78 is 1.70. The Morgan fingerprint density at radius 3 is 2.67 bits per heavy atom. The van der Waals surface area contributed by atoms with Gasteiger partial charge in [0.2, 0.25) is 5.91 Å². The summed E-state index contributed by atoms with van der Waals surface area (Å²) in [6.45, 7) is 0.343. The molecule has 0 aliphatic carbocycles. The van der Waals surface area contributed by atoms with Crippen molar-refractivity contribution in [1.82, 2.24) is 25.2 Å². The molecule has 4 rings (SSSR count). The lowest BCUT2D eigenvalue weighted by atomic mass is 10.0. The summed E-state index contributed by atoms with van der Waals surface area (Å²) in [6.07, 6.45) is 5.52. The third-order valence-corrected chi connectivity index (χ3v) is 4.30. The summed E-state index contributed by atoms with van der Waals surface area (Å²) in [4.78, 5) is 20.2. The van der Waals surface area contributed by atoms with Crippen molar-refractivity contribution >= 4 is 16.8 Å². The van der Waals surface area contributed by atoms with E-state index in [-0.39, 0.29) is 6.42 Å². The maximum Gasteiger partial charge on any atom is 0.245 e. The molecule has 0 saturated carbocycles. The van der Waals surface area contributed by atoms with Crippen LogP contribution in [0, 0.1) is 0 Å². The number of para-hydroxylation sites is 1. The predicted octanol–water partition coefficient (Wildman–Crippen LogP) is 3.06. The molecule has 0 bridgehead atoms. The molecule has 0 atom stereocenters. The Kier molecular flexibility index (Phi) is 4.59. The van der Waals surface area contributed by atoms with Gasteiger partial charge in [-0.1, -0.05) is 24.3 Å². The van der Waals surface area contributed by atoms with Crippen LogP contribution >= 0.6 is 0 Å². The number of nitrogens with zero attached hydrogens (tertiary/aromatic N) is 4. The van der Waals surface area contributed by atoms with Crippen LogP contribution < -0.4 is 5.48 Å². The summed E-state index contributed by atoms with van der Waals surface area (Å²) in [5.74, 6) is -0.458. The van der Waals surface area contributed by atoms with E-state index in [0.717, 1.165) is 33.4 Å².